The Balaban J connectivity index is 1.48. The molecule has 5 nitrogen and oxygen atoms in total. The normalized spacial score (nSPS) is 15.0. The van der Waals surface area contributed by atoms with Gasteiger partial charge < -0.3 is 9.32 Å². The first-order valence-corrected chi connectivity index (χ1v) is 11.4. The van der Waals surface area contributed by atoms with E-state index in [1.807, 2.05) is 79.7 Å². The Hall–Kier alpha value is -2.67. The van der Waals surface area contributed by atoms with E-state index in [9.17, 15) is 8.42 Å². The minimum absolute atomic E-state index is 0.279. The molecule has 1 aliphatic rings. The van der Waals surface area contributed by atoms with Gasteiger partial charge in [0, 0.05) is 6.54 Å². The fourth-order valence-corrected chi connectivity index (χ4v) is 5.01. The van der Waals surface area contributed by atoms with Gasteiger partial charge in [0.25, 0.3) is 0 Å². The lowest BCUT2D eigenvalue weighted by Crippen LogP contribution is -2.35. The van der Waals surface area contributed by atoms with Crippen LogP contribution in [0.2, 0.25) is 0 Å². The van der Waals surface area contributed by atoms with Crippen molar-refractivity contribution in [1.29, 1.82) is 0 Å². The van der Waals surface area contributed by atoms with Crippen molar-refractivity contribution in [1.82, 2.24) is 9.21 Å². The summed E-state index contributed by atoms with van der Waals surface area (Å²) in [7, 11) is 0.403. The van der Waals surface area contributed by atoms with Crippen molar-refractivity contribution in [2.75, 3.05) is 20.6 Å². The molecule has 6 heteroatoms. The van der Waals surface area contributed by atoms with Gasteiger partial charge in [0.05, 0.1) is 18.0 Å². The second kappa shape index (κ2) is 8.60. The fraction of sp³-hybridized carbons (Fsp3) is 0.250. The lowest BCUT2D eigenvalue weighted by atomic mass is 10.1. The summed E-state index contributed by atoms with van der Waals surface area (Å²) in [6, 6.07) is 19.1. The molecule has 0 amide bonds. The standard InChI is InChI=1S/C24H26N2O3S/c1-25(2)17-22-16-21-14-15-26(18-24(21)29-22)30(27,28)23-12-10-20(11-13-23)9-8-19-6-4-3-5-7-19/h3-13,16H,14-15,17-18H2,1-2H3/b9-8-. The Morgan fingerprint density at radius 3 is 2.33 bits per heavy atom. The molecule has 0 atom stereocenters. The summed E-state index contributed by atoms with van der Waals surface area (Å²) in [6.07, 6.45) is 4.66. The molecule has 4 rings (SSSR count). The van der Waals surface area contributed by atoms with Gasteiger partial charge in [0.2, 0.25) is 10.0 Å². The van der Waals surface area contributed by atoms with Gasteiger partial charge in [-0.15, -0.1) is 0 Å². The number of rotatable bonds is 6. The molecule has 3 aromatic rings. The Labute approximate surface area is 178 Å². The maximum absolute atomic E-state index is 13.1. The minimum Gasteiger partial charge on any atom is -0.463 e. The maximum atomic E-state index is 13.1. The molecule has 0 aliphatic carbocycles. The molecule has 2 heterocycles. The van der Waals surface area contributed by atoms with Crippen LogP contribution in [0.5, 0.6) is 0 Å². The second-order valence-electron chi connectivity index (χ2n) is 7.80. The van der Waals surface area contributed by atoms with Crippen molar-refractivity contribution < 1.29 is 12.8 Å². The molecule has 0 unspecified atom stereocenters. The van der Waals surface area contributed by atoms with Crippen molar-refractivity contribution in [3.05, 3.63) is 88.9 Å². The van der Waals surface area contributed by atoms with Crippen LogP contribution in [-0.4, -0.2) is 38.3 Å². The molecule has 156 valence electrons. The van der Waals surface area contributed by atoms with Gasteiger partial charge in [-0.3, -0.25) is 0 Å². The highest BCUT2D eigenvalue weighted by molar-refractivity contribution is 7.89. The molecule has 1 aliphatic heterocycles. The van der Waals surface area contributed by atoms with Crippen LogP contribution in [0.1, 0.15) is 28.2 Å². The number of fused-ring (bicyclic) bond motifs is 1. The van der Waals surface area contributed by atoms with Gasteiger partial charge in [-0.05, 0) is 55.4 Å². The summed E-state index contributed by atoms with van der Waals surface area (Å²) < 4.78 is 33.7. The first-order valence-electron chi connectivity index (χ1n) is 10.0. The lowest BCUT2D eigenvalue weighted by molar-refractivity contribution is 0.309. The van der Waals surface area contributed by atoms with Crippen molar-refractivity contribution in [3.63, 3.8) is 0 Å². The van der Waals surface area contributed by atoms with Crippen LogP contribution in [-0.2, 0) is 29.5 Å². The third-order valence-corrected chi connectivity index (χ3v) is 7.02. The largest absolute Gasteiger partial charge is 0.463 e. The smallest absolute Gasteiger partial charge is 0.243 e. The third kappa shape index (κ3) is 4.56. The molecule has 0 saturated carbocycles. The highest BCUT2D eigenvalue weighted by Crippen LogP contribution is 2.28. The van der Waals surface area contributed by atoms with E-state index in [1.165, 1.54) is 4.31 Å². The number of sulfonamides is 1. The van der Waals surface area contributed by atoms with Crippen LogP contribution >= 0.6 is 0 Å². The van der Waals surface area contributed by atoms with Gasteiger partial charge in [0.1, 0.15) is 11.5 Å². The summed E-state index contributed by atoms with van der Waals surface area (Å²) in [6.45, 7) is 1.45. The van der Waals surface area contributed by atoms with Crippen molar-refractivity contribution >= 4 is 22.2 Å². The van der Waals surface area contributed by atoms with Crippen LogP contribution in [0, 0.1) is 0 Å². The predicted octanol–water partition coefficient (Wildman–Crippen LogP) is 4.26. The van der Waals surface area contributed by atoms with Gasteiger partial charge >= 0.3 is 0 Å². The quantitative estimate of drug-likeness (QED) is 0.557. The number of hydrogen-bond donors (Lipinski definition) is 0. The van der Waals surface area contributed by atoms with Crippen molar-refractivity contribution in [2.45, 2.75) is 24.4 Å². The van der Waals surface area contributed by atoms with Gasteiger partial charge in [-0.1, -0.05) is 54.6 Å². The van der Waals surface area contributed by atoms with E-state index in [-0.39, 0.29) is 6.54 Å². The minimum atomic E-state index is -3.56. The van der Waals surface area contributed by atoms with E-state index in [0.29, 0.717) is 24.4 Å². The second-order valence-corrected chi connectivity index (χ2v) is 9.74. The molecular weight excluding hydrogens is 396 g/mol. The molecule has 2 aromatic carbocycles. The summed E-state index contributed by atoms with van der Waals surface area (Å²) >= 11 is 0. The van der Waals surface area contributed by atoms with Crippen LogP contribution in [0.25, 0.3) is 12.2 Å². The summed E-state index contributed by atoms with van der Waals surface area (Å²) in [5, 5.41) is 0. The molecule has 30 heavy (non-hydrogen) atoms. The molecule has 0 fully saturated rings. The molecule has 0 N–H and O–H groups in total. The topological polar surface area (TPSA) is 53.8 Å². The lowest BCUT2D eigenvalue weighted by Gasteiger charge is -2.25. The van der Waals surface area contributed by atoms with Crippen LogP contribution in [0.3, 0.4) is 0 Å². The van der Waals surface area contributed by atoms with E-state index in [1.54, 1.807) is 12.1 Å². The molecule has 0 spiro atoms. The SMILES string of the molecule is CN(C)Cc1cc2c(o1)CN(S(=O)(=O)c1ccc(/C=C\c3ccccc3)cc1)CC2. The van der Waals surface area contributed by atoms with E-state index in [2.05, 4.69) is 0 Å². The Morgan fingerprint density at radius 1 is 1.00 bits per heavy atom. The highest BCUT2D eigenvalue weighted by Gasteiger charge is 2.30. The summed E-state index contributed by atoms with van der Waals surface area (Å²) in [4.78, 5) is 2.34. The Bertz CT molecular complexity index is 1130. The Morgan fingerprint density at radius 2 is 1.67 bits per heavy atom. The van der Waals surface area contributed by atoms with Crippen LogP contribution in [0.4, 0.5) is 0 Å². The molecular formula is C24H26N2O3S. The molecule has 0 saturated heterocycles. The molecule has 0 radical (unpaired) electrons. The zero-order valence-corrected chi connectivity index (χ0v) is 18.1. The average Bonchev–Trinajstić information content (AvgIpc) is 3.14. The summed E-state index contributed by atoms with van der Waals surface area (Å²) in [5.41, 5.74) is 3.17. The number of nitrogens with zero attached hydrogens (tertiary/aromatic N) is 2. The molecule has 1 aromatic heterocycles. The highest BCUT2D eigenvalue weighted by atomic mass is 32.2. The van der Waals surface area contributed by atoms with Gasteiger partial charge in [-0.2, -0.15) is 4.31 Å². The number of benzene rings is 2. The predicted molar refractivity (Wildman–Crippen MR) is 119 cm³/mol. The van der Waals surface area contributed by atoms with Crippen LogP contribution in [0.15, 0.2) is 70.0 Å². The van der Waals surface area contributed by atoms with Gasteiger partial charge in [-0.25, -0.2) is 8.42 Å². The first-order chi connectivity index (χ1) is 14.4. The number of furan rings is 1. The zero-order valence-electron chi connectivity index (χ0n) is 17.3. The van der Waals surface area contributed by atoms with Crippen LogP contribution < -0.4 is 0 Å². The monoisotopic (exact) mass is 422 g/mol. The number of hydrogen-bond acceptors (Lipinski definition) is 4. The first kappa shape index (κ1) is 20.6. The van der Waals surface area contributed by atoms with E-state index in [0.717, 1.165) is 28.2 Å². The Kier molecular flexibility index (Phi) is 5.90. The van der Waals surface area contributed by atoms with Gasteiger partial charge in [0.15, 0.2) is 0 Å². The van der Waals surface area contributed by atoms with E-state index >= 15 is 0 Å². The summed E-state index contributed by atoms with van der Waals surface area (Å²) in [5.74, 6) is 1.63. The zero-order chi connectivity index (χ0) is 21.1. The van der Waals surface area contributed by atoms with Crippen molar-refractivity contribution in [3.8, 4) is 0 Å². The third-order valence-electron chi connectivity index (χ3n) is 5.16. The van der Waals surface area contributed by atoms with Crippen molar-refractivity contribution in [2.24, 2.45) is 0 Å². The van der Waals surface area contributed by atoms with E-state index in [4.69, 9.17) is 4.42 Å². The fourth-order valence-electron chi connectivity index (χ4n) is 3.61. The maximum Gasteiger partial charge on any atom is 0.243 e. The molecule has 0 bridgehead atoms. The van der Waals surface area contributed by atoms with E-state index < -0.39 is 10.0 Å². The average molecular weight is 423 g/mol.